The van der Waals surface area contributed by atoms with Gasteiger partial charge in [-0.1, -0.05) is 0 Å². The molecule has 0 unspecified atom stereocenters. The van der Waals surface area contributed by atoms with Crippen LogP contribution in [0.25, 0.3) is 20.4 Å². The van der Waals surface area contributed by atoms with Gasteiger partial charge in [0.15, 0.2) is 5.52 Å². The minimum atomic E-state index is -0.182. The Balaban J connectivity index is 1.64. The van der Waals surface area contributed by atoms with Gasteiger partial charge >= 0.3 is 0 Å². The molecule has 0 amide bonds. The van der Waals surface area contributed by atoms with E-state index >= 15 is 0 Å². The third-order valence-electron chi connectivity index (χ3n) is 6.23. The van der Waals surface area contributed by atoms with E-state index in [1.807, 2.05) is 6.33 Å². The first-order chi connectivity index (χ1) is 14.1. The van der Waals surface area contributed by atoms with Crippen LogP contribution in [-0.4, -0.2) is 48.4 Å². The van der Waals surface area contributed by atoms with Gasteiger partial charge in [-0.05, 0) is 19.4 Å². The molecule has 3 aliphatic heterocycles. The zero-order valence-electron chi connectivity index (χ0n) is 17.0. The topological polar surface area (TPSA) is 63.4 Å². The maximum Gasteiger partial charge on any atom is 0.242 e. The lowest BCUT2D eigenvalue weighted by molar-refractivity contribution is -0.688. The average molecular weight is 413 g/mol. The van der Waals surface area contributed by atoms with Crippen LogP contribution in [0.3, 0.4) is 0 Å². The lowest BCUT2D eigenvalue weighted by Gasteiger charge is -2.36. The summed E-state index contributed by atoms with van der Waals surface area (Å²) in [6.07, 6.45) is 4.00. The van der Waals surface area contributed by atoms with E-state index in [4.69, 9.17) is 19.4 Å². The highest BCUT2D eigenvalue weighted by atomic mass is 32.1. The van der Waals surface area contributed by atoms with Crippen molar-refractivity contribution in [3.05, 3.63) is 17.5 Å². The molecule has 3 aromatic heterocycles. The molecule has 0 bridgehead atoms. The summed E-state index contributed by atoms with van der Waals surface area (Å²) in [4.78, 5) is 13.5. The van der Waals surface area contributed by atoms with Gasteiger partial charge in [-0.2, -0.15) is 0 Å². The van der Waals surface area contributed by atoms with Crippen LogP contribution in [0.2, 0.25) is 0 Å². The minimum Gasteiger partial charge on any atom is -0.378 e. The summed E-state index contributed by atoms with van der Waals surface area (Å²) < 4.78 is 15.3. The average Bonchev–Trinajstić information content (AvgIpc) is 3.12. The molecule has 3 aliphatic rings. The summed E-state index contributed by atoms with van der Waals surface area (Å²) in [5.41, 5.74) is 3.50. The Morgan fingerprint density at radius 2 is 2.10 bits per heavy atom. The van der Waals surface area contributed by atoms with Gasteiger partial charge in [0.2, 0.25) is 12.1 Å². The number of nitrogens with zero attached hydrogens (tertiary/aromatic N) is 4. The zero-order chi connectivity index (χ0) is 19.6. The Morgan fingerprint density at radius 1 is 1.24 bits per heavy atom. The molecule has 6 rings (SSSR count). The molecule has 0 spiro atoms. The molecule has 3 aromatic rings. The Hall–Kier alpha value is -2.03. The summed E-state index contributed by atoms with van der Waals surface area (Å²) in [6.45, 7) is 10.3. The second-order valence-electron chi connectivity index (χ2n) is 8.74. The number of aromatic nitrogens is 3. The van der Waals surface area contributed by atoms with E-state index in [1.165, 1.54) is 27.0 Å². The Labute approximate surface area is 173 Å². The molecule has 29 heavy (non-hydrogen) atoms. The Kier molecular flexibility index (Phi) is 3.98. The van der Waals surface area contributed by atoms with Crippen LogP contribution in [0.4, 0.5) is 11.6 Å². The van der Waals surface area contributed by atoms with Crippen LogP contribution in [0.5, 0.6) is 0 Å². The monoisotopic (exact) mass is 412 g/mol. The van der Waals surface area contributed by atoms with Gasteiger partial charge in [0.05, 0.1) is 43.9 Å². The predicted molar refractivity (Wildman–Crippen MR) is 114 cm³/mol. The molecule has 0 radical (unpaired) electrons. The number of hydrogen-bond donors (Lipinski definition) is 1. The van der Waals surface area contributed by atoms with E-state index in [0.29, 0.717) is 6.61 Å². The fraction of sp³-hybridized carbons (Fsp3) is 0.571. The van der Waals surface area contributed by atoms with Gasteiger partial charge in [-0.15, -0.1) is 16.3 Å². The van der Waals surface area contributed by atoms with Crippen molar-refractivity contribution in [2.75, 3.05) is 43.1 Å². The lowest BCUT2D eigenvalue weighted by Crippen LogP contribution is -2.42. The minimum absolute atomic E-state index is 0.182. The third-order valence-corrected chi connectivity index (χ3v) is 7.30. The predicted octanol–water partition coefficient (Wildman–Crippen LogP) is 2.64. The van der Waals surface area contributed by atoms with Crippen LogP contribution < -0.4 is 14.8 Å². The molecule has 0 saturated carbocycles. The number of morpholine rings is 1. The molecule has 0 atom stereocenters. The van der Waals surface area contributed by atoms with Crippen molar-refractivity contribution >= 4 is 43.4 Å². The van der Waals surface area contributed by atoms with Crippen LogP contribution in [0.15, 0.2) is 6.33 Å². The number of nitrogens with one attached hydrogen (secondary N) is 1. The van der Waals surface area contributed by atoms with Crippen LogP contribution in [0, 0.1) is 0 Å². The molecule has 1 N–H and O–H groups in total. The van der Waals surface area contributed by atoms with Crippen molar-refractivity contribution in [3.8, 4) is 0 Å². The molecule has 1 fully saturated rings. The highest BCUT2D eigenvalue weighted by Crippen LogP contribution is 2.44. The van der Waals surface area contributed by atoms with Gasteiger partial charge in [-0.3, -0.25) is 0 Å². The number of rotatable bonds is 1. The van der Waals surface area contributed by atoms with Crippen LogP contribution in [-0.2, 0) is 29.0 Å². The van der Waals surface area contributed by atoms with Gasteiger partial charge in [-0.25, -0.2) is 9.55 Å². The first-order valence-corrected chi connectivity index (χ1v) is 11.3. The zero-order valence-corrected chi connectivity index (χ0v) is 17.8. The molecule has 6 heterocycles. The van der Waals surface area contributed by atoms with E-state index < -0.39 is 0 Å². The third kappa shape index (κ3) is 2.80. The van der Waals surface area contributed by atoms with E-state index in [-0.39, 0.29) is 5.60 Å². The first-order valence-electron chi connectivity index (χ1n) is 10.5. The van der Waals surface area contributed by atoms with Gasteiger partial charge < -0.3 is 19.7 Å². The van der Waals surface area contributed by atoms with E-state index in [2.05, 4.69) is 28.6 Å². The van der Waals surface area contributed by atoms with E-state index in [9.17, 15) is 0 Å². The summed E-state index contributed by atoms with van der Waals surface area (Å²) in [6, 6.07) is 0. The quantitative estimate of drug-likeness (QED) is 0.620. The molecule has 1 saturated heterocycles. The number of pyridine rings is 1. The summed E-state index contributed by atoms with van der Waals surface area (Å²) in [5.74, 6) is 2.27. The number of hydrogen-bond acceptors (Lipinski definition) is 7. The number of anilines is 2. The Morgan fingerprint density at radius 3 is 2.97 bits per heavy atom. The fourth-order valence-electron chi connectivity index (χ4n) is 4.75. The largest absolute Gasteiger partial charge is 0.378 e. The smallest absolute Gasteiger partial charge is 0.242 e. The number of ether oxygens (including phenoxy) is 2. The van der Waals surface area contributed by atoms with Gasteiger partial charge in [0.25, 0.3) is 0 Å². The number of aryl methyl sites for hydroxylation is 1. The van der Waals surface area contributed by atoms with Crippen LogP contribution in [0.1, 0.15) is 31.4 Å². The van der Waals surface area contributed by atoms with Crippen molar-refractivity contribution in [3.63, 3.8) is 0 Å². The second kappa shape index (κ2) is 6.48. The maximum atomic E-state index is 6.22. The molecular weight excluding hydrogens is 386 g/mol. The van der Waals surface area contributed by atoms with Crippen LogP contribution >= 0.6 is 11.3 Å². The van der Waals surface area contributed by atoms with Crippen molar-refractivity contribution in [2.45, 2.75) is 45.4 Å². The SMILES string of the molecule is CC1(C)Cc2c(c(N3CCOCC3)nc3sc4c5[n+](cnc4c23)CCCN5)CO1. The fourth-order valence-corrected chi connectivity index (χ4v) is 5.93. The van der Waals surface area contributed by atoms with Crippen molar-refractivity contribution in [1.29, 1.82) is 0 Å². The highest BCUT2D eigenvalue weighted by molar-refractivity contribution is 7.26. The summed E-state index contributed by atoms with van der Waals surface area (Å²) in [7, 11) is 0. The molecule has 0 aromatic carbocycles. The van der Waals surface area contributed by atoms with Crippen molar-refractivity contribution in [1.82, 2.24) is 9.97 Å². The second-order valence-corrected chi connectivity index (χ2v) is 9.74. The van der Waals surface area contributed by atoms with E-state index in [1.54, 1.807) is 11.3 Å². The summed E-state index contributed by atoms with van der Waals surface area (Å²) >= 11 is 1.77. The first kappa shape index (κ1) is 17.8. The molecule has 7 nitrogen and oxygen atoms in total. The van der Waals surface area contributed by atoms with Gasteiger partial charge in [0, 0.05) is 31.5 Å². The maximum absolute atomic E-state index is 6.22. The van der Waals surface area contributed by atoms with E-state index in [0.717, 1.165) is 68.4 Å². The molecular formula is C21H26N5O2S+. The lowest BCUT2D eigenvalue weighted by atomic mass is 9.90. The highest BCUT2D eigenvalue weighted by Gasteiger charge is 2.34. The summed E-state index contributed by atoms with van der Waals surface area (Å²) in [5, 5.41) is 4.82. The number of thiophene rings is 1. The molecule has 8 heteroatoms. The normalized spacial score (nSPS) is 21.1. The Bertz CT molecular complexity index is 1120. The van der Waals surface area contributed by atoms with Crippen molar-refractivity contribution < 1.29 is 14.0 Å². The molecule has 152 valence electrons. The standard InChI is InChI=1S/C21H25N5O2S/c1-21(2)10-13-14(11-28-21)18(25-6-8-27-9-7-25)24-20-15(13)16-17(29-20)19-22-4-3-5-26(19)12-23-16/h12H,3-11H2,1-2H3/p+1. The number of fused-ring (bicyclic) bond motifs is 7. The molecule has 0 aliphatic carbocycles. The van der Waals surface area contributed by atoms with Gasteiger partial charge in [0.1, 0.15) is 15.3 Å². The van der Waals surface area contributed by atoms with Crippen molar-refractivity contribution in [2.24, 2.45) is 0 Å².